The highest BCUT2D eigenvalue weighted by molar-refractivity contribution is 5.66. The van der Waals surface area contributed by atoms with Crippen LogP contribution in [0.1, 0.15) is 25.7 Å². The highest BCUT2D eigenvalue weighted by Gasteiger charge is 1.95. The van der Waals surface area contributed by atoms with E-state index in [0.717, 1.165) is 12.8 Å². The summed E-state index contributed by atoms with van der Waals surface area (Å²) in [6.07, 6.45) is 4.57. The minimum atomic E-state index is -0.760. The lowest BCUT2D eigenvalue weighted by Gasteiger charge is -2.00. The van der Waals surface area contributed by atoms with Crippen molar-refractivity contribution in [2.75, 3.05) is 13.2 Å². The Morgan fingerprint density at radius 1 is 1.42 bits per heavy atom. The molecule has 0 aromatic rings. The number of carboxylic acid groups (broad SMARTS) is 1. The quantitative estimate of drug-likeness (QED) is 0.449. The predicted octanol–water partition coefficient (Wildman–Crippen LogP) is 1.83. The number of unbranched alkanes of at least 4 members (excludes halogenated alkanes) is 1. The standard InChI is InChI=1S/C9H16O3/c1-2-3-4-7-12-8-5-6-9(10)11/h2H,1,3-8H2,(H,10,11). The lowest BCUT2D eigenvalue weighted by molar-refractivity contribution is -0.137. The van der Waals surface area contributed by atoms with Crippen molar-refractivity contribution in [3.05, 3.63) is 12.7 Å². The fraction of sp³-hybridized carbons (Fsp3) is 0.667. The maximum atomic E-state index is 10.1. The zero-order valence-electron chi connectivity index (χ0n) is 7.29. The van der Waals surface area contributed by atoms with E-state index in [1.54, 1.807) is 0 Å². The molecule has 0 rings (SSSR count). The van der Waals surface area contributed by atoms with Crippen LogP contribution >= 0.6 is 0 Å². The Morgan fingerprint density at radius 3 is 2.67 bits per heavy atom. The molecule has 0 amide bonds. The van der Waals surface area contributed by atoms with Gasteiger partial charge in [-0.15, -0.1) is 6.58 Å². The van der Waals surface area contributed by atoms with Gasteiger partial charge in [0.05, 0.1) is 0 Å². The summed E-state index contributed by atoms with van der Waals surface area (Å²) in [7, 11) is 0. The third-order valence-corrected chi connectivity index (χ3v) is 1.38. The molecule has 12 heavy (non-hydrogen) atoms. The summed E-state index contributed by atoms with van der Waals surface area (Å²) < 4.78 is 5.18. The van der Waals surface area contributed by atoms with Crippen molar-refractivity contribution in [3.8, 4) is 0 Å². The number of carbonyl (C=O) groups is 1. The summed E-state index contributed by atoms with van der Waals surface area (Å²) in [4.78, 5) is 10.1. The maximum absolute atomic E-state index is 10.1. The molecule has 0 spiro atoms. The molecule has 0 atom stereocenters. The fourth-order valence-corrected chi connectivity index (χ4v) is 0.757. The largest absolute Gasteiger partial charge is 0.481 e. The molecule has 0 heterocycles. The lowest BCUT2D eigenvalue weighted by atomic mass is 10.3. The van der Waals surface area contributed by atoms with Crippen LogP contribution in [0.2, 0.25) is 0 Å². The van der Waals surface area contributed by atoms with Gasteiger partial charge in [0, 0.05) is 19.6 Å². The average Bonchev–Trinajstić information content (AvgIpc) is 2.02. The van der Waals surface area contributed by atoms with E-state index in [1.807, 2.05) is 6.08 Å². The van der Waals surface area contributed by atoms with Crippen molar-refractivity contribution in [2.45, 2.75) is 25.7 Å². The summed E-state index contributed by atoms with van der Waals surface area (Å²) in [5.41, 5.74) is 0. The average molecular weight is 172 g/mol. The Kier molecular flexibility index (Phi) is 7.70. The fourth-order valence-electron chi connectivity index (χ4n) is 0.757. The van der Waals surface area contributed by atoms with Crippen LogP contribution in [0, 0.1) is 0 Å². The van der Waals surface area contributed by atoms with Gasteiger partial charge in [0.2, 0.25) is 0 Å². The molecule has 3 nitrogen and oxygen atoms in total. The molecular formula is C9H16O3. The summed E-state index contributed by atoms with van der Waals surface area (Å²) in [5, 5.41) is 8.29. The third-order valence-electron chi connectivity index (χ3n) is 1.38. The molecule has 0 bridgehead atoms. The first-order valence-corrected chi connectivity index (χ1v) is 4.18. The monoisotopic (exact) mass is 172 g/mol. The van der Waals surface area contributed by atoms with Crippen molar-refractivity contribution in [1.82, 2.24) is 0 Å². The van der Waals surface area contributed by atoms with Gasteiger partial charge in [-0.3, -0.25) is 4.79 Å². The van der Waals surface area contributed by atoms with E-state index in [0.29, 0.717) is 19.6 Å². The molecule has 1 N–H and O–H groups in total. The zero-order valence-corrected chi connectivity index (χ0v) is 7.29. The molecule has 0 aromatic carbocycles. The van der Waals surface area contributed by atoms with Crippen LogP contribution in [-0.2, 0) is 9.53 Å². The van der Waals surface area contributed by atoms with Gasteiger partial charge in [-0.05, 0) is 19.3 Å². The molecule has 0 aliphatic carbocycles. The molecule has 0 radical (unpaired) electrons. The third kappa shape index (κ3) is 9.17. The topological polar surface area (TPSA) is 46.5 Å². The van der Waals surface area contributed by atoms with Gasteiger partial charge >= 0.3 is 5.97 Å². The Morgan fingerprint density at radius 2 is 2.08 bits per heavy atom. The minimum absolute atomic E-state index is 0.196. The Labute approximate surface area is 73.0 Å². The van der Waals surface area contributed by atoms with E-state index in [-0.39, 0.29) is 6.42 Å². The van der Waals surface area contributed by atoms with Crippen molar-refractivity contribution >= 4 is 5.97 Å². The van der Waals surface area contributed by atoms with E-state index in [1.165, 1.54) is 0 Å². The molecule has 0 aromatic heterocycles. The van der Waals surface area contributed by atoms with E-state index < -0.39 is 5.97 Å². The summed E-state index contributed by atoms with van der Waals surface area (Å²) in [6.45, 7) is 4.83. The molecule has 0 saturated carbocycles. The van der Waals surface area contributed by atoms with E-state index >= 15 is 0 Å². The second kappa shape index (κ2) is 8.27. The SMILES string of the molecule is C=CCCCOCCCC(=O)O. The highest BCUT2D eigenvalue weighted by Crippen LogP contribution is 1.93. The number of carboxylic acids is 1. The van der Waals surface area contributed by atoms with Crippen LogP contribution in [0.15, 0.2) is 12.7 Å². The number of hydrogen-bond donors (Lipinski definition) is 1. The molecule has 3 heteroatoms. The molecule has 70 valence electrons. The molecule has 0 saturated heterocycles. The summed E-state index contributed by atoms with van der Waals surface area (Å²) >= 11 is 0. The van der Waals surface area contributed by atoms with Crippen molar-refractivity contribution in [2.24, 2.45) is 0 Å². The van der Waals surface area contributed by atoms with Gasteiger partial charge in [-0.2, -0.15) is 0 Å². The van der Waals surface area contributed by atoms with Crippen LogP contribution in [0.3, 0.4) is 0 Å². The van der Waals surface area contributed by atoms with Gasteiger partial charge in [0.15, 0.2) is 0 Å². The molecule has 0 unspecified atom stereocenters. The number of hydrogen-bond acceptors (Lipinski definition) is 2. The predicted molar refractivity (Wildman–Crippen MR) is 47.1 cm³/mol. The van der Waals surface area contributed by atoms with E-state index in [4.69, 9.17) is 9.84 Å². The van der Waals surface area contributed by atoms with Gasteiger partial charge < -0.3 is 9.84 Å². The van der Waals surface area contributed by atoms with Gasteiger partial charge in [-0.25, -0.2) is 0 Å². The first-order valence-electron chi connectivity index (χ1n) is 4.18. The number of rotatable bonds is 8. The molecule has 0 aliphatic rings. The van der Waals surface area contributed by atoms with Crippen LogP contribution in [0.5, 0.6) is 0 Å². The van der Waals surface area contributed by atoms with Gasteiger partial charge in [0.1, 0.15) is 0 Å². The van der Waals surface area contributed by atoms with Crippen molar-refractivity contribution in [3.63, 3.8) is 0 Å². The van der Waals surface area contributed by atoms with E-state index in [9.17, 15) is 4.79 Å². The first kappa shape index (κ1) is 11.2. The van der Waals surface area contributed by atoms with Crippen molar-refractivity contribution < 1.29 is 14.6 Å². The van der Waals surface area contributed by atoms with Crippen LogP contribution in [0.4, 0.5) is 0 Å². The molecule has 0 fully saturated rings. The maximum Gasteiger partial charge on any atom is 0.303 e. The molecule has 0 aliphatic heterocycles. The Hall–Kier alpha value is -0.830. The Balaban J connectivity index is 2.90. The van der Waals surface area contributed by atoms with Gasteiger partial charge in [-0.1, -0.05) is 6.08 Å². The zero-order chi connectivity index (χ0) is 9.23. The lowest BCUT2D eigenvalue weighted by Crippen LogP contribution is -2.00. The van der Waals surface area contributed by atoms with Crippen molar-refractivity contribution in [1.29, 1.82) is 0 Å². The first-order chi connectivity index (χ1) is 5.77. The second-order valence-electron chi connectivity index (χ2n) is 2.54. The number of aliphatic carboxylic acids is 1. The highest BCUT2D eigenvalue weighted by atomic mass is 16.5. The van der Waals surface area contributed by atoms with Crippen LogP contribution in [0.25, 0.3) is 0 Å². The van der Waals surface area contributed by atoms with Crippen LogP contribution < -0.4 is 0 Å². The van der Waals surface area contributed by atoms with Crippen LogP contribution in [-0.4, -0.2) is 24.3 Å². The Bertz CT molecular complexity index is 132. The summed E-state index contributed by atoms with van der Waals surface area (Å²) in [6, 6.07) is 0. The summed E-state index contributed by atoms with van der Waals surface area (Å²) in [5.74, 6) is -0.760. The number of allylic oxidation sites excluding steroid dienone is 1. The normalized spacial score (nSPS) is 9.67. The van der Waals surface area contributed by atoms with E-state index in [2.05, 4.69) is 6.58 Å². The number of ether oxygens (including phenoxy) is 1. The van der Waals surface area contributed by atoms with Gasteiger partial charge in [0.25, 0.3) is 0 Å². The molecular weight excluding hydrogens is 156 g/mol. The second-order valence-corrected chi connectivity index (χ2v) is 2.54. The smallest absolute Gasteiger partial charge is 0.303 e. The minimum Gasteiger partial charge on any atom is -0.481 e.